The van der Waals surface area contributed by atoms with Crippen LogP contribution in [-0.4, -0.2) is 24.1 Å². The van der Waals surface area contributed by atoms with Crippen molar-refractivity contribution in [3.8, 4) is 0 Å². The summed E-state index contributed by atoms with van der Waals surface area (Å²) in [4.78, 5) is 10.5. The van der Waals surface area contributed by atoms with Crippen LogP contribution in [0.15, 0.2) is 36.7 Å². The Balaban J connectivity index is 2.24. The van der Waals surface area contributed by atoms with Gasteiger partial charge in [-0.05, 0) is 31.3 Å². The standard InChI is InChI=1S/C13H15FN4/c1-15-7-11-8-16-9-13(17-11)18(2)12-5-3-10(14)4-6-12/h3-6,8-9,15H,7H2,1-2H3. The van der Waals surface area contributed by atoms with Gasteiger partial charge in [-0.15, -0.1) is 0 Å². The van der Waals surface area contributed by atoms with E-state index in [0.717, 1.165) is 17.2 Å². The second kappa shape index (κ2) is 5.55. The molecule has 1 heterocycles. The third-order valence-electron chi connectivity index (χ3n) is 2.59. The molecule has 0 aliphatic heterocycles. The molecule has 1 aromatic heterocycles. The number of nitrogens with zero attached hydrogens (tertiary/aromatic N) is 3. The molecule has 0 aliphatic rings. The molecule has 0 fully saturated rings. The minimum absolute atomic E-state index is 0.248. The van der Waals surface area contributed by atoms with E-state index in [1.54, 1.807) is 24.5 Å². The Morgan fingerprint density at radius 2 is 1.94 bits per heavy atom. The van der Waals surface area contributed by atoms with Crippen molar-refractivity contribution in [2.75, 3.05) is 19.0 Å². The maximum absolute atomic E-state index is 12.9. The number of rotatable bonds is 4. The molecule has 5 heteroatoms. The van der Waals surface area contributed by atoms with E-state index in [1.165, 1.54) is 12.1 Å². The Labute approximate surface area is 105 Å². The van der Waals surface area contributed by atoms with E-state index >= 15 is 0 Å². The Bertz CT molecular complexity index is 513. The van der Waals surface area contributed by atoms with Crippen molar-refractivity contribution in [3.63, 3.8) is 0 Å². The molecule has 0 aliphatic carbocycles. The van der Waals surface area contributed by atoms with Crippen LogP contribution in [0.1, 0.15) is 5.69 Å². The molecular formula is C13H15FN4. The second-order valence-corrected chi connectivity index (χ2v) is 3.93. The van der Waals surface area contributed by atoms with Crippen molar-refractivity contribution in [1.82, 2.24) is 15.3 Å². The van der Waals surface area contributed by atoms with Gasteiger partial charge in [0.1, 0.15) is 5.82 Å². The van der Waals surface area contributed by atoms with Crippen LogP contribution in [0.5, 0.6) is 0 Å². The zero-order chi connectivity index (χ0) is 13.0. The number of hydrogen-bond acceptors (Lipinski definition) is 4. The van der Waals surface area contributed by atoms with Gasteiger partial charge in [-0.3, -0.25) is 4.98 Å². The summed E-state index contributed by atoms with van der Waals surface area (Å²) >= 11 is 0. The monoisotopic (exact) mass is 246 g/mol. The average molecular weight is 246 g/mol. The van der Waals surface area contributed by atoms with Gasteiger partial charge in [-0.1, -0.05) is 0 Å². The normalized spacial score (nSPS) is 10.4. The lowest BCUT2D eigenvalue weighted by Gasteiger charge is -2.18. The van der Waals surface area contributed by atoms with Crippen molar-refractivity contribution in [2.24, 2.45) is 0 Å². The second-order valence-electron chi connectivity index (χ2n) is 3.93. The Morgan fingerprint density at radius 1 is 1.22 bits per heavy atom. The van der Waals surface area contributed by atoms with Crippen LogP contribution in [-0.2, 0) is 6.54 Å². The molecule has 2 aromatic rings. The highest BCUT2D eigenvalue weighted by Gasteiger charge is 2.06. The molecule has 0 unspecified atom stereocenters. The fourth-order valence-corrected chi connectivity index (χ4v) is 1.62. The summed E-state index contributed by atoms with van der Waals surface area (Å²) in [6.45, 7) is 0.665. The highest BCUT2D eigenvalue weighted by Crippen LogP contribution is 2.21. The van der Waals surface area contributed by atoms with Crippen LogP contribution in [0.4, 0.5) is 15.9 Å². The maximum Gasteiger partial charge on any atom is 0.151 e. The van der Waals surface area contributed by atoms with Gasteiger partial charge in [0.2, 0.25) is 0 Å². The smallest absolute Gasteiger partial charge is 0.151 e. The first-order valence-corrected chi connectivity index (χ1v) is 5.65. The van der Waals surface area contributed by atoms with Crippen molar-refractivity contribution >= 4 is 11.5 Å². The molecule has 0 saturated heterocycles. The van der Waals surface area contributed by atoms with Crippen molar-refractivity contribution < 1.29 is 4.39 Å². The molecule has 0 saturated carbocycles. The number of hydrogen-bond donors (Lipinski definition) is 1. The Kier molecular flexibility index (Phi) is 3.84. The molecule has 0 atom stereocenters. The Morgan fingerprint density at radius 3 is 2.61 bits per heavy atom. The highest BCUT2D eigenvalue weighted by atomic mass is 19.1. The molecule has 2 rings (SSSR count). The van der Waals surface area contributed by atoms with Gasteiger partial charge in [0.05, 0.1) is 11.9 Å². The number of halogens is 1. The number of aromatic nitrogens is 2. The molecule has 0 amide bonds. The Hall–Kier alpha value is -2.01. The SMILES string of the molecule is CNCc1cncc(N(C)c2ccc(F)cc2)n1. The number of benzene rings is 1. The largest absolute Gasteiger partial charge is 0.328 e. The summed E-state index contributed by atoms with van der Waals surface area (Å²) < 4.78 is 12.9. The van der Waals surface area contributed by atoms with Gasteiger partial charge in [0.15, 0.2) is 5.82 Å². The van der Waals surface area contributed by atoms with E-state index in [2.05, 4.69) is 15.3 Å². The lowest BCUT2D eigenvalue weighted by atomic mass is 10.3. The quantitative estimate of drug-likeness (QED) is 0.897. The summed E-state index contributed by atoms with van der Waals surface area (Å²) in [7, 11) is 3.73. The van der Waals surface area contributed by atoms with E-state index in [0.29, 0.717) is 6.54 Å². The molecule has 0 spiro atoms. The maximum atomic E-state index is 12.9. The van der Waals surface area contributed by atoms with Gasteiger partial charge in [-0.25, -0.2) is 9.37 Å². The molecule has 18 heavy (non-hydrogen) atoms. The van der Waals surface area contributed by atoms with E-state index in [1.807, 2.05) is 19.0 Å². The third-order valence-corrected chi connectivity index (χ3v) is 2.59. The molecule has 94 valence electrons. The average Bonchev–Trinajstić information content (AvgIpc) is 2.39. The molecule has 4 nitrogen and oxygen atoms in total. The van der Waals surface area contributed by atoms with Crippen LogP contribution in [0.25, 0.3) is 0 Å². The van der Waals surface area contributed by atoms with Crippen LogP contribution >= 0.6 is 0 Å². The zero-order valence-electron chi connectivity index (χ0n) is 10.4. The molecule has 0 radical (unpaired) electrons. The predicted molar refractivity (Wildman–Crippen MR) is 69.3 cm³/mol. The minimum Gasteiger partial charge on any atom is -0.328 e. The van der Waals surface area contributed by atoms with Gasteiger partial charge in [0.25, 0.3) is 0 Å². The molecular weight excluding hydrogens is 231 g/mol. The summed E-state index contributed by atoms with van der Waals surface area (Å²) in [6, 6.07) is 6.27. The van der Waals surface area contributed by atoms with Crippen LogP contribution in [0.3, 0.4) is 0 Å². The number of anilines is 2. The first-order valence-electron chi connectivity index (χ1n) is 5.65. The fourth-order valence-electron chi connectivity index (χ4n) is 1.62. The van der Waals surface area contributed by atoms with Gasteiger partial charge >= 0.3 is 0 Å². The van der Waals surface area contributed by atoms with Crippen LogP contribution < -0.4 is 10.2 Å². The predicted octanol–water partition coefficient (Wildman–Crippen LogP) is 2.10. The summed E-state index contributed by atoms with van der Waals surface area (Å²) in [5.74, 6) is 0.483. The molecule has 1 aromatic carbocycles. The summed E-state index contributed by atoms with van der Waals surface area (Å²) in [6.07, 6.45) is 3.40. The lowest BCUT2D eigenvalue weighted by molar-refractivity contribution is 0.628. The molecule has 1 N–H and O–H groups in total. The minimum atomic E-state index is -0.248. The van der Waals surface area contributed by atoms with Gasteiger partial charge < -0.3 is 10.2 Å². The van der Waals surface area contributed by atoms with E-state index < -0.39 is 0 Å². The zero-order valence-corrected chi connectivity index (χ0v) is 10.4. The van der Waals surface area contributed by atoms with Gasteiger partial charge in [-0.2, -0.15) is 0 Å². The number of nitrogens with one attached hydrogen (secondary N) is 1. The first kappa shape index (κ1) is 12.4. The topological polar surface area (TPSA) is 41.1 Å². The lowest BCUT2D eigenvalue weighted by Crippen LogP contribution is -2.14. The molecule has 0 bridgehead atoms. The fraction of sp³-hybridized carbons (Fsp3) is 0.231. The van der Waals surface area contributed by atoms with Crippen molar-refractivity contribution in [1.29, 1.82) is 0 Å². The van der Waals surface area contributed by atoms with E-state index in [-0.39, 0.29) is 5.82 Å². The first-order chi connectivity index (χ1) is 8.70. The van der Waals surface area contributed by atoms with Gasteiger partial charge in [0, 0.05) is 25.5 Å². The van der Waals surface area contributed by atoms with E-state index in [9.17, 15) is 4.39 Å². The highest BCUT2D eigenvalue weighted by molar-refractivity contribution is 5.58. The van der Waals surface area contributed by atoms with Crippen molar-refractivity contribution in [3.05, 3.63) is 48.2 Å². The third kappa shape index (κ3) is 2.81. The van der Waals surface area contributed by atoms with Crippen molar-refractivity contribution in [2.45, 2.75) is 6.54 Å². The van der Waals surface area contributed by atoms with E-state index in [4.69, 9.17) is 0 Å². The summed E-state index contributed by atoms with van der Waals surface area (Å²) in [5, 5.41) is 3.03. The summed E-state index contributed by atoms with van der Waals surface area (Å²) in [5.41, 5.74) is 1.73. The van der Waals surface area contributed by atoms with Crippen LogP contribution in [0, 0.1) is 5.82 Å². The van der Waals surface area contributed by atoms with Crippen LogP contribution in [0.2, 0.25) is 0 Å².